The van der Waals surface area contributed by atoms with Crippen LogP contribution in [0.5, 0.6) is 0 Å². The summed E-state index contributed by atoms with van der Waals surface area (Å²) in [6.45, 7) is 1.84. The number of hydrogen-bond donors (Lipinski definition) is 0. The molecule has 0 amide bonds. The summed E-state index contributed by atoms with van der Waals surface area (Å²) >= 11 is 1.44. The SMILES string of the molecule is Cc1nc(-c2ccc(F)cc2F)cs1. The van der Waals surface area contributed by atoms with Crippen LogP contribution in [0.3, 0.4) is 0 Å². The normalized spacial score (nSPS) is 10.5. The topological polar surface area (TPSA) is 12.9 Å². The van der Waals surface area contributed by atoms with Gasteiger partial charge in [-0.2, -0.15) is 0 Å². The summed E-state index contributed by atoms with van der Waals surface area (Å²) in [5.74, 6) is -1.14. The van der Waals surface area contributed by atoms with Gasteiger partial charge in [0.1, 0.15) is 11.6 Å². The lowest BCUT2D eigenvalue weighted by Crippen LogP contribution is -1.86. The lowest BCUT2D eigenvalue weighted by atomic mass is 10.1. The molecule has 2 aromatic rings. The lowest BCUT2D eigenvalue weighted by Gasteiger charge is -1.98. The maximum absolute atomic E-state index is 13.3. The molecule has 1 aromatic carbocycles. The third-order valence-electron chi connectivity index (χ3n) is 1.83. The van der Waals surface area contributed by atoms with Crippen molar-refractivity contribution in [2.75, 3.05) is 0 Å². The molecule has 0 spiro atoms. The van der Waals surface area contributed by atoms with E-state index in [0.717, 1.165) is 11.1 Å². The molecule has 1 aromatic heterocycles. The van der Waals surface area contributed by atoms with Crippen molar-refractivity contribution in [3.63, 3.8) is 0 Å². The largest absolute Gasteiger partial charge is 0.241 e. The Morgan fingerprint density at radius 3 is 2.64 bits per heavy atom. The van der Waals surface area contributed by atoms with Crippen LogP contribution in [0.2, 0.25) is 0 Å². The fraction of sp³-hybridized carbons (Fsp3) is 0.100. The number of thiazole rings is 1. The number of halogens is 2. The molecule has 0 unspecified atom stereocenters. The van der Waals surface area contributed by atoms with Crippen molar-refractivity contribution in [3.05, 3.63) is 40.2 Å². The molecule has 0 saturated carbocycles. The Hall–Kier alpha value is -1.29. The molecule has 72 valence electrons. The van der Waals surface area contributed by atoms with Gasteiger partial charge in [-0.3, -0.25) is 0 Å². The van der Waals surface area contributed by atoms with Crippen molar-refractivity contribution in [1.82, 2.24) is 4.98 Å². The van der Waals surface area contributed by atoms with Crippen LogP contribution in [-0.2, 0) is 0 Å². The van der Waals surface area contributed by atoms with Gasteiger partial charge in [-0.25, -0.2) is 13.8 Å². The Bertz CT molecular complexity index is 465. The summed E-state index contributed by atoms with van der Waals surface area (Å²) in [6.07, 6.45) is 0. The van der Waals surface area contributed by atoms with E-state index in [0.29, 0.717) is 11.3 Å². The van der Waals surface area contributed by atoms with E-state index in [1.165, 1.54) is 23.5 Å². The van der Waals surface area contributed by atoms with Crippen molar-refractivity contribution in [1.29, 1.82) is 0 Å². The highest BCUT2D eigenvalue weighted by molar-refractivity contribution is 7.09. The highest BCUT2D eigenvalue weighted by Crippen LogP contribution is 2.24. The number of benzene rings is 1. The van der Waals surface area contributed by atoms with E-state index in [4.69, 9.17) is 0 Å². The van der Waals surface area contributed by atoms with Gasteiger partial charge in [0, 0.05) is 17.0 Å². The zero-order valence-electron chi connectivity index (χ0n) is 7.42. The molecule has 0 aliphatic rings. The van der Waals surface area contributed by atoms with E-state index >= 15 is 0 Å². The average molecular weight is 211 g/mol. The summed E-state index contributed by atoms with van der Waals surface area (Å²) < 4.78 is 25.9. The zero-order chi connectivity index (χ0) is 10.1. The molecule has 0 atom stereocenters. The minimum absolute atomic E-state index is 0.343. The first kappa shape index (κ1) is 9.27. The molecule has 0 aliphatic heterocycles. The zero-order valence-corrected chi connectivity index (χ0v) is 8.24. The molecule has 14 heavy (non-hydrogen) atoms. The molecule has 2 rings (SSSR count). The van der Waals surface area contributed by atoms with Gasteiger partial charge in [-0.05, 0) is 19.1 Å². The first-order chi connectivity index (χ1) is 6.66. The van der Waals surface area contributed by atoms with Gasteiger partial charge in [-0.1, -0.05) is 0 Å². The number of aromatic nitrogens is 1. The molecular weight excluding hydrogens is 204 g/mol. The van der Waals surface area contributed by atoms with Gasteiger partial charge in [-0.15, -0.1) is 11.3 Å². The van der Waals surface area contributed by atoms with Gasteiger partial charge in [0.15, 0.2) is 0 Å². The Kier molecular flexibility index (Phi) is 2.29. The van der Waals surface area contributed by atoms with Crippen molar-refractivity contribution in [2.24, 2.45) is 0 Å². The third kappa shape index (κ3) is 1.65. The second kappa shape index (κ2) is 3.46. The summed E-state index contributed by atoms with van der Waals surface area (Å²) in [6, 6.07) is 3.50. The summed E-state index contributed by atoms with van der Waals surface area (Å²) in [7, 11) is 0. The fourth-order valence-electron chi connectivity index (χ4n) is 1.18. The molecule has 0 N–H and O–H groups in total. The number of aryl methyl sites for hydroxylation is 1. The van der Waals surface area contributed by atoms with Crippen molar-refractivity contribution in [2.45, 2.75) is 6.92 Å². The highest BCUT2D eigenvalue weighted by Gasteiger charge is 2.08. The third-order valence-corrected chi connectivity index (χ3v) is 2.60. The first-order valence-corrected chi connectivity index (χ1v) is 4.92. The second-order valence-corrected chi connectivity index (χ2v) is 3.94. The van der Waals surface area contributed by atoms with Gasteiger partial charge < -0.3 is 0 Å². The Morgan fingerprint density at radius 1 is 1.29 bits per heavy atom. The van der Waals surface area contributed by atoms with E-state index in [-0.39, 0.29) is 0 Å². The van der Waals surface area contributed by atoms with E-state index in [2.05, 4.69) is 4.98 Å². The van der Waals surface area contributed by atoms with Gasteiger partial charge in [0.2, 0.25) is 0 Å². The van der Waals surface area contributed by atoms with E-state index in [1.807, 2.05) is 6.92 Å². The molecule has 0 saturated heterocycles. The molecule has 0 bridgehead atoms. The van der Waals surface area contributed by atoms with Crippen LogP contribution in [0.1, 0.15) is 5.01 Å². The Balaban J connectivity index is 2.52. The molecule has 0 radical (unpaired) electrons. The summed E-state index contributed by atoms with van der Waals surface area (Å²) in [4.78, 5) is 4.13. The van der Waals surface area contributed by atoms with Crippen LogP contribution in [0.4, 0.5) is 8.78 Å². The second-order valence-electron chi connectivity index (χ2n) is 2.88. The predicted molar refractivity (Wildman–Crippen MR) is 52.2 cm³/mol. The molecule has 1 nitrogen and oxygen atoms in total. The molecule has 0 aliphatic carbocycles. The summed E-state index contributed by atoms with van der Waals surface area (Å²) in [5, 5.41) is 2.62. The molecule has 1 heterocycles. The van der Waals surface area contributed by atoms with E-state index in [1.54, 1.807) is 5.38 Å². The van der Waals surface area contributed by atoms with Crippen LogP contribution in [-0.4, -0.2) is 4.98 Å². The molecular formula is C10H7F2NS. The fourth-order valence-corrected chi connectivity index (χ4v) is 1.80. The lowest BCUT2D eigenvalue weighted by molar-refractivity contribution is 0.585. The maximum atomic E-state index is 13.3. The van der Waals surface area contributed by atoms with Crippen molar-refractivity contribution in [3.8, 4) is 11.3 Å². The van der Waals surface area contributed by atoms with Crippen LogP contribution in [0, 0.1) is 18.6 Å². The summed E-state index contributed by atoms with van der Waals surface area (Å²) in [5.41, 5.74) is 0.903. The number of nitrogens with zero attached hydrogens (tertiary/aromatic N) is 1. The number of rotatable bonds is 1. The molecule has 4 heteroatoms. The average Bonchev–Trinajstić information content (AvgIpc) is 2.51. The minimum Gasteiger partial charge on any atom is -0.241 e. The van der Waals surface area contributed by atoms with Crippen LogP contribution in [0.15, 0.2) is 23.6 Å². The smallest absolute Gasteiger partial charge is 0.135 e. The van der Waals surface area contributed by atoms with Gasteiger partial charge >= 0.3 is 0 Å². The highest BCUT2D eigenvalue weighted by atomic mass is 32.1. The van der Waals surface area contributed by atoms with Crippen LogP contribution >= 0.6 is 11.3 Å². The molecule has 0 fully saturated rings. The van der Waals surface area contributed by atoms with E-state index < -0.39 is 11.6 Å². The standard InChI is InChI=1S/C10H7F2NS/c1-6-13-10(5-14-6)8-3-2-7(11)4-9(8)12/h2-5H,1H3. The van der Waals surface area contributed by atoms with Gasteiger partial charge in [0.05, 0.1) is 10.7 Å². The van der Waals surface area contributed by atoms with Crippen molar-refractivity contribution >= 4 is 11.3 Å². The van der Waals surface area contributed by atoms with Gasteiger partial charge in [0.25, 0.3) is 0 Å². The van der Waals surface area contributed by atoms with E-state index in [9.17, 15) is 8.78 Å². The first-order valence-electron chi connectivity index (χ1n) is 4.04. The Morgan fingerprint density at radius 2 is 2.07 bits per heavy atom. The Labute approximate surface area is 84.0 Å². The maximum Gasteiger partial charge on any atom is 0.135 e. The quantitative estimate of drug-likeness (QED) is 0.704. The predicted octanol–water partition coefficient (Wildman–Crippen LogP) is 3.40. The van der Waals surface area contributed by atoms with Crippen molar-refractivity contribution < 1.29 is 8.78 Å². The minimum atomic E-state index is -0.574. The van der Waals surface area contributed by atoms with Crippen LogP contribution < -0.4 is 0 Å². The monoisotopic (exact) mass is 211 g/mol. The number of hydrogen-bond acceptors (Lipinski definition) is 2. The van der Waals surface area contributed by atoms with Crippen LogP contribution in [0.25, 0.3) is 11.3 Å².